The van der Waals surface area contributed by atoms with Crippen LogP contribution in [0.4, 0.5) is 0 Å². The van der Waals surface area contributed by atoms with Crippen molar-refractivity contribution in [1.82, 2.24) is 30.2 Å². The molecule has 4 aromatic heterocycles. The van der Waals surface area contributed by atoms with Gasteiger partial charge in [-0.1, -0.05) is 23.4 Å². The molecular formula is C41H46N6O6S2. The Kier molecular flexibility index (Phi) is 10.9. The third-order valence-electron chi connectivity index (χ3n) is 11.4. The zero-order valence-corrected chi connectivity index (χ0v) is 32.4. The molecule has 1 fully saturated rings. The highest BCUT2D eigenvalue weighted by Crippen LogP contribution is 2.38. The number of nitrogens with one attached hydrogen (secondary N) is 2. The molecule has 4 heterocycles. The Bertz CT molecular complexity index is 2300. The molecule has 0 amide bonds. The van der Waals surface area contributed by atoms with Crippen LogP contribution >= 0.6 is 22.7 Å². The number of carbonyl (C=O) groups is 1. The number of H-pyrrole nitrogens is 1. The molecule has 14 heteroatoms. The number of aryl methyl sites for hydroxylation is 2. The van der Waals surface area contributed by atoms with Crippen LogP contribution in [0.3, 0.4) is 0 Å². The molecule has 1 saturated carbocycles. The second-order valence-corrected chi connectivity index (χ2v) is 16.7. The van der Waals surface area contributed by atoms with Gasteiger partial charge in [-0.05, 0) is 128 Å². The van der Waals surface area contributed by atoms with Gasteiger partial charge in [-0.3, -0.25) is 4.79 Å². The SMILES string of the molecule is CN(CCCn1nnc2cc(CNC[C@H](O)c3ccc(O)c4[nH]c(=O)ccc34)c3c(c21)CCC3)[C@H]1CC[C@H](OC(=O)C(O)(c2cccs2)c2cccs2)CC1. The first-order valence-electron chi connectivity index (χ1n) is 19.0. The zero-order valence-electron chi connectivity index (χ0n) is 30.7. The quantitative estimate of drug-likeness (QED) is 0.0889. The average Bonchev–Trinajstić information content (AvgIpc) is 4.03. The minimum atomic E-state index is -1.78. The highest BCUT2D eigenvalue weighted by molar-refractivity contribution is 7.12. The highest BCUT2D eigenvalue weighted by Gasteiger charge is 2.45. The maximum atomic E-state index is 13.4. The van der Waals surface area contributed by atoms with Crippen LogP contribution in [0.1, 0.15) is 76.6 Å². The predicted octanol–water partition coefficient (Wildman–Crippen LogP) is 5.53. The number of carbonyl (C=O) groups excluding carboxylic acids is 1. The first-order valence-corrected chi connectivity index (χ1v) is 20.8. The molecule has 2 aromatic carbocycles. The summed E-state index contributed by atoms with van der Waals surface area (Å²) in [5.74, 6) is -0.626. The molecule has 12 nitrogen and oxygen atoms in total. The lowest BCUT2D eigenvalue weighted by Gasteiger charge is -2.35. The fraction of sp³-hybridized carbons (Fsp3) is 0.415. The molecule has 2 aliphatic carbocycles. The molecule has 288 valence electrons. The van der Waals surface area contributed by atoms with E-state index in [1.165, 1.54) is 51.5 Å². The van der Waals surface area contributed by atoms with Crippen LogP contribution in [0.25, 0.3) is 21.9 Å². The fourth-order valence-electron chi connectivity index (χ4n) is 8.45. The van der Waals surface area contributed by atoms with E-state index in [9.17, 15) is 24.9 Å². The number of phenols is 1. The summed E-state index contributed by atoms with van der Waals surface area (Å²) in [5.41, 5.74) is 4.70. The van der Waals surface area contributed by atoms with Gasteiger partial charge in [0.1, 0.15) is 17.4 Å². The van der Waals surface area contributed by atoms with Crippen molar-refractivity contribution in [2.24, 2.45) is 0 Å². The molecule has 0 aliphatic heterocycles. The number of esters is 1. The number of aliphatic hydroxyl groups is 2. The van der Waals surface area contributed by atoms with E-state index in [0.29, 0.717) is 45.4 Å². The molecule has 1 atom stereocenters. The van der Waals surface area contributed by atoms with Gasteiger partial charge in [-0.15, -0.1) is 27.8 Å². The summed E-state index contributed by atoms with van der Waals surface area (Å²) in [4.78, 5) is 31.5. The maximum Gasteiger partial charge on any atom is 0.349 e. The molecule has 0 unspecified atom stereocenters. The summed E-state index contributed by atoms with van der Waals surface area (Å²) in [7, 11) is 2.17. The number of aromatic hydroxyl groups is 1. The Morgan fingerprint density at radius 1 is 1.07 bits per heavy atom. The molecule has 0 spiro atoms. The van der Waals surface area contributed by atoms with Gasteiger partial charge >= 0.3 is 5.97 Å². The summed E-state index contributed by atoms with van der Waals surface area (Å²) in [6, 6.07) is 16.0. The number of pyridine rings is 1. The van der Waals surface area contributed by atoms with Crippen molar-refractivity contribution in [3.8, 4) is 5.75 Å². The van der Waals surface area contributed by atoms with Gasteiger partial charge in [-0.2, -0.15) is 0 Å². The van der Waals surface area contributed by atoms with E-state index in [0.717, 1.165) is 75.5 Å². The van der Waals surface area contributed by atoms with E-state index in [4.69, 9.17) is 4.74 Å². The number of phenolic OH excluding ortho intramolecular Hbond substituents is 1. The van der Waals surface area contributed by atoms with Crippen molar-refractivity contribution in [2.45, 2.75) is 88.3 Å². The van der Waals surface area contributed by atoms with Gasteiger partial charge < -0.3 is 35.3 Å². The van der Waals surface area contributed by atoms with E-state index >= 15 is 0 Å². The van der Waals surface area contributed by atoms with Crippen LogP contribution < -0.4 is 10.9 Å². The van der Waals surface area contributed by atoms with Crippen molar-refractivity contribution in [1.29, 1.82) is 0 Å². The third kappa shape index (κ3) is 7.46. The van der Waals surface area contributed by atoms with E-state index in [1.54, 1.807) is 24.3 Å². The van der Waals surface area contributed by atoms with Gasteiger partial charge in [-0.25, -0.2) is 9.48 Å². The van der Waals surface area contributed by atoms with Crippen molar-refractivity contribution in [3.63, 3.8) is 0 Å². The van der Waals surface area contributed by atoms with Gasteiger partial charge in [0.05, 0.1) is 26.9 Å². The topological polar surface area (TPSA) is 166 Å². The standard InChI is InChI=1S/C41H46N6O6S2/c1-46(26-10-12-27(13-11-26)53-40(51)41(52,35-8-3-20-54-35)36-9-4-21-55-36)18-5-19-47-39-31-7-2-6-28(31)25(22-32(39)44-45-47)23-42-24-34(49)29-14-16-33(48)38-30(29)15-17-37(50)43-38/h3-4,8-9,14-17,20-22,26-27,34,42,48-49,52H,2,5-7,10-13,18-19,23-24H2,1H3,(H,43,50)/t26-,27-,34-/m0/s1. The number of benzene rings is 2. The van der Waals surface area contributed by atoms with Crippen LogP contribution in [0.15, 0.2) is 70.2 Å². The van der Waals surface area contributed by atoms with Crippen LogP contribution in [0.5, 0.6) is 5.75 Å². The van der Waals surface area contributed by atoms with Crippen LogP contribution in [-0.2, 0) is 41.1 Å². The summed E-state index contributed by atoms with van der Waals surface area (Å²) in [6.45, 7) is 2.55. The average molecular weight is 783 g/mol. The largest absolute Gasteiger partial charge is 0.506 e. The Morgan fingerprint density at radius 2 is 1.82 bits per heavy atom. The van der Waals surface area contributed by atoms with Crippen molar-refractivity contribution >= 4 is 50.6 Å². The molecule has 0 saturated heterocycles. The van der Waals surface area contributed by atoms with E-state index < -0.39 is 17.7 Å². The number of hydrogen-bond acceptors (Lipinski definition) is 12. The van der Waals surface area contributed by atoms with Gasteiger partial charge in [0.2, 0.25) is 11.2 Å². The lowest BCUT2D eigenvalue weighted by atomic mass is 9.91. The molecule has 6 aromatic rings. The Balaban J connectivity index is 0.842. The Hall–Kier alpha value is -4.44. The summed E-state index contributed by atoms with van der Waals surface area (Å²) >= 11 is 2.71. The second-order valence-electron chi connectivity index (χ2n) is 14.8. The fourth-order valence-corrected chi connectivity index (χ4v) is 10.2. The van der Waals surface area contributed by atoms with Crippen LogP contribution in [-0.4, -0.2) is 78.4 Å². The molecule has 5 N–H and O–H groups in total. The number of aromatic amines is 1. The normalized spacial score (nSPS) is 18.0. The minimum Gasteiger partial charge on any atom is -0.506 e. The molecule has 2 aliphatic rings. The predicted molar refractivity (Wildman–Crippen MR) is 213 cm³/mol. The zero-order chi connectivity index (χ0) is 38.1. The summed E-state index contributed by atoms with van der Waals surface area (Å²) < 4.78 is 8.04. The lowest BCUT2D eigenvalue weighted by Crippen LogP contribution is -2.42. The Morgan fingerprint density at radius 3 is 2.55 bits per heavy atom. The number of aliphatic hydroxyl groups excluding tert-OH is 1. The number of rotatable bonds is 14. The first kappa shape index (κ1) is 37.5. The summed E-state index contributed by atoms with van der Waals surface area (Å²) in [5, 5.41) is 49.8. The van der Waals surface area contributed by atoms with Gasteiger partial charge in [0.25, 0.3) is 0 Å². The smallest absolute Gasteiger partial charge is 0.349 e. The molecular weight excluding hydrogens is 737 g/mol. The minimum absolute atomic E-state index is 0.0317. The molecule has 8 rings (SSSR count). The molecule has 0 bridgehead atoms. The molecule has 0 radical (unpaired) electrons. The lowest BCUT2D eigenvalue weighted by molar-refractivity contribution is -0.169. The van der Waals surface area contributed by atoms with Crippen molar-refractivity contribution in [3.05, 3.63) is 108 Å². The monoisotopic (exact) mass is 782 g/mol. The number of aromatic nitrogens is 4. The highest BCUT2D eigenvalue weighted by atomic mass is 32.1. The van der Waals surface area contributed by atoms with Crippen molar-refractivity contribution < 1.29 is 24.9 Å². The number of ether oxygens (including phenoxy) is 1. The number of hydrogen-bond donors (Lipinski definition) is 5. The number of fused-ring (bicyclic) bond motifs is 4. The number of thiophene rings is 2. The second kappa shape index (κ2) is 16.0. The number of nitrogens with zero attached hydrogens (tertiary/aromatic N) is 4. The first-order chi connectivity index (χ1) is 26.7. The van der Waals surface area contributed by atoms with E-state index in [2.05, 4.69) is 43.3 Å². The van der Waals surface area contributed by atoms with Crippen LogP contribution in [0, 0.1) is 0 Å². The Labute approximate surface area is 326 Å². The van der Waals surface area contributed by atoms with E-state index in [1.807, 2.05) is 22.9 Å². The molecule has 55 heavy (non-hydrogen) atoms. The summed E-state index contributed by atoms with van der Waals surface area (Å²) in [6.07, 6.45) is 6.29. The van der Waals surface area contributed by atoms with Crippen LogP contribution in [0.2, 0.25) is 0 Å². The van der Waals surface area contributed by atoms with E-state index in [-0.39, 0.29) is 17.4 Å². The van der Waals surface area contributed by atoms with Gasteiger partial charge in [0.15, 0.2) is 0 Å². The van der Waals surface area contributed by atoms with Crippen molar-refractivity contribution in [2.75, 3.05) is 20.1 Å². The van der Waals surface area contributed by atoms with Gasteiger partial charge in [0, 0.05) is 37.1 Å². The third-order valence-corrected chi connectivity index (χ3v) is 13.3. The maximum absolute atomic E-state index is 13.4.